The molecule has 3 N–H and O–H groups in total. The van der Waals surface area contributed by atoms with Crippen LogP contribution in [0.5, 0.6) is 0 Å². The van der Waals surface area contributed by atoms with Gasteiger partial charge in [-0.2, -0.15) is 0 Å². The van der Waals surface area contributed by atoms with Crippen molar-refractivity contribution >= 4 is 23.6 Å². The Morgan fingerprint density at radius 1 is 1.15 bits per heavy atom. The molecule has 1 spiro atoms. The largest absolute Gasteiger partial charge is 0.366 e. The molecule has 0 unspecified atom stereocenters. The highest BCUT2D eigenvalue weighted by Crippen LogP contribution is 2.41. The van der Waals surface area contributed by atoms with Crippen molar-refractivity contribution in [2.75, 3.05) is 6.54 Å². The summed E-state index contributed by atoms with van der Waals surface area (Å²) >= 11 is 0. The van der Waals surface area contributed by atoms with E-state index in [1.165, 1.54) is 12.4 Å². The zero-order valence-electron chi connectivity index (χ0n) is 18.2. The molecule has 9 nitrogen and oxygen atoms in total. The molecule has 1 saturated carbocycles. The first-order chi connectivity index (χ1) is 15.4. The first kappa shape index (κ1) is 22.6. The van der Waals surface area contributed by atoms with Crippen LogP contribution in [0.15, 0.2) is 24.5 Å². The second kappa shape index (κ2) is 7.75. The molecule has 4 rings (SSSR count). The topological polar surface area (TPSA) is 127 Å². The van der Waals surface area contributed by atoms with Gasteiger partial charge in [0.1, 0.15) is 5.54 Å². The minimum absolute atomic E-state index is 0.175. The summed E-state index contributed by atoms with van der Waals surface area (Å²) in [6.07, 6.45) is 1.52. The van der Waals surface area contributed by atoms with Crippen LogP contribution in [0.3, 0.4) is 0 Å². The molecule has 0 atom stereocenters. The Bertz CT molecular complexity index is 1180. The zero-order valence-corrected chi connectivity index (χ0v) is 18.2. The summed E-state index contributed by atoms with van der Waals surface area (Å²) in [4.78, 5) is 54.8. The first-order valence-corrected chi connectivity index (χ1v) is 10.4. The number of aromatic nitrogens is 2. The van der Waals surface area contributed by atoms with Crippen LogP contribution in [0.25, 0.3) is 11.3 Å². The number of rotatable bonds is 5. The lowest BCUT2D eigenvalue weighted by atomic mass is 9.80. The molecule has 2 aliphatic rings. The quantitative estimate of drug-likeness (QED) is 0.523. The van der Waals surface area contributed by atoms with Crippen molar-refractivity contribution < 1.29 is 28.0 Å². The number of Topliss-reactive ketones (excluding diaryl/α,β-unsaturated/α-hetero) is 1. The van der Waals surface area contributed by atoms with Gasteiger partial charge in [-0.15, -0.1) is 0 Å². The van der Waals surface area contributed by atoms with Crippen LogP contribution in [0.2, 0.25) is 0 Å². The van der Waals surface area contributed by atoms with Crippen LogP contribution in [0.4, 0.5) is 13.6 Å². The van der Waals surface area contributed by atoms with Gasteiger partial charge in [-0.1, -0.05) is 0 Å². The van der Waals surface area contributed by atoms with Crippen molar-refractivity contribution in [2.24, 2.45) is 12.8 Å². The van der Waals surface area contributed by atoms with Crippen molar-refractivity contribution in [2.45, 2.75) is 44.1 Å². The molecule has 1 saturated heterocycles. The number of pyridine rings is 1. The number of imide groups is 1. The van der Waals surface area contributed by atoms with Crippen molar-refractivity contribution in [3.8, 4) is 11.3 Å². The maximum absolute atomic E-state index is 13.6. The maximum atomic E-state index is 13.6. The van der Waals surface area contributed by atoms with E-state index in [9.17, 15) is 28.0 Å². The van der Waals surface area contributed by atoms with Crippen molar-refractivity contribution in [1.82, 2.24) is 19.8 Å². The number of halogens is 2. The van der Waals surface area contributed by atoms with E-state index in [0.717, 1.165) is 4.90 Å². The van der Waals surface area contributed by atoms with Gasteiger partial charge < -0.3 is 15.6 Å². The van der Waals surface area contributed by atoms with Gasteiger partial charge in [0.05, 0.1) is 23.5 Å². The summed E-state index contributed by atoms with van der Waals surface area (Å²) in [7, 11) is 1.64. The van der Waals surface area contributed by atoms with Crippen molar-refractivity contribution in [3.63, 3.8) is 0 Å². The van der Waals surface area contributed by atoms with E-state index >= 15 is 0 Å². The Hall–Kier alpha value is -3.63. The molecule has 174 valence electrons. The second-order valence-corrected chi connectivity index (χ2v) is 8.63. The third kappa shape index (κ3) is 3.87. The number of primary amides is 1. The summed E-state index contributed by atoms with van der Waals surface area (Å²) < 4.78 is 28.7. The van der Waals surface area contributed by atoms with Crippen LogP contribution in [0, 0.1) is 6.92 Å². The molecular weight excluding hydrogens is 436 g/mol. The molecule has 33 heavy (non-hydrogen) atoms. The number of carbonyl (C=O) groups is 4. The van der Waals surface area contributed by atoms with Crippen molar-refractivity contribution in [3.05, 3.63) is 41.3 Å². The van der Waals surface area contributed by atoms with Gasteiger partial charge in [0.15, 0.2) is 5.78 Å². The van der Waals surface area contributed by atoms with Crippen LogP contribution in [-0.4, -0.2) is 56.1 Å². The first-order valence-electron chi connectivity index (χ1n) is 10.4. The van der Waals surface area contributed by atoms with E-state index in [-0.39, 0.29) is 24.1 Å². The number of ketones is 1. The molecule has 11 heteroatoms. The molecular formula is C22H23F2N5O4. The van der Waals surface area contributed by atoms with Gasteiger partial charge in [0.25, 0.3) is 5.91 Å². The highest BCUT2D eigenvalue weighted by molar-refractivity contribution is 6.11. The van der Waals surface area contributed by atoms with Gasteiger partial charge in [0.2, 0.25) is 11.8 Å². The van der Waals surface area contributed by atoms with Gasteiger partial charge in [-0.05, 0) is 37.5 Å². The Labute approximate surface area is 187 Å². The Morgan fingerprint density at radius 2 is 1.82 bits per heavy atom. The Morgan fingerprint density at radius 3 is 2.45 bits per heavy atom. The molecule has 1 aliphatic carbocycles. The lowest BCUT2D eigenvalue weighted by molar-refractivity contribution is -0.135. The number of urea groups is 1. The summed E-state index contributed by atoms with van der Waals surface area (Å²) in [6, 6.07) is 2.42. The standard InChI is InChI=1S/C22H23F2N5O4/c1-12-7-15(28(2)17(12)13-8-14(18(25)31)10-26-9-13)16(30)11-29-19(32)21(27-20(29)33)3-5-22(23,24)6-4-21/h7-10H,3-6,11H2,1-2H3,(H2,25,31)(H,27,33). The number of hydrogen-bond donors (Lipinski definition) is 2. The Balaban J connectivity index is 1.57. The Kier molecular flexibility index (Phi) is 5.30. The molecule has 2 aromatic heterocycles. The van der Waals surface area contributed by atoms with E-state index in [1.54, 1.807) is 30.7 Å². The molecule has 0 aromatic carbocycles. The number of nitrogens with zero attached hydrogens (tertiary/aromatic N) is 3. The number of nitrogens with two attached hydrogens (primary N) is 1. The number of nitrogens with one attached hydrogen (secondary N) is 1. The minimum Gasteiger partial charge on any atom is -0.366 e. The molecule has 4 amide bonds. The predicted octanol–water partition coefficient (Wildman–Crippen LogP) is 2.18. The number of carbonyl (C=O) groups excluding carboxylic acids is 4. The van der Waals surface area contributed by atoms with Crippen LogP contribution >= 0.6 is 0 Å². The SMILES string of the molecule is Cc1cc(C(=O)CN2C(=O)NC3(CCC(F)(F)CC3)C2=O)n(C)c1-c1cncc(C(N)=O)c1. The monoisotopic (exact) mass is 459 g/mol. The van der Waals surface area contributed by atoms with Gasteiger partial charge in [-0.25, -0.2) is 13.6 Å². The fourth-order valence-electron chi connectivity index (χ4n) is 4.57. The summed E-state index contributed by atoms with van der Waals surface area (Å²) in [5.41, 5.74) is 6.31. The second-order valence-electron chi connectivity index (χ2n) is 8.63. The molecule has 2 fully saturated rings. The summed E-state index contributed by atoms with van der Waals surface area (Å²) in [5, 5.41) is 2.53. The molecule has 0 bridgehead atoms. The molecule has 1 aliphatic heterocycles. The average Bonchev–Trinajstić information content (AvgIpc) is 3.18. The van der Waals surface area contributed by atoms with Crippen molar-refractivity contribution in [1.29, 1.82) is 0 Å². The van der Waals surface area contributed by atoms with Gasteiger partial charge in [-0.3, -0.25) is 24.3 Å². The highest BCUT2D eigenvalue weighted by Gasteiger charge is 2.55. The van der Waals surface area contributed by atoms with Crippen LogP contribution < -0.4 is 11.1 Å². The smallest absolute Gasteiger partial charge is 0.325 e. The molecule has 0 radical (unpaired) electrons. The van der Waals surface area contributed by atoms with Gasteiger partial charge in [0, 0.05) is 37.8 Å². The maximum Gasteiger partial charge on any atom is 0.325 e. The fraction of sp³-hybridized carbons (Fsp3) is 0.409. The third-order valence-corrected chi connectivity index (χ3v) is 6.39. The van der Waals surface area contributed by atoms with E-state index < -0.39 is 54.5 Å². The zero-order chi connectivity index (χ0) is 24.1. The van der Waals surface area contributed by atoms with E-state index in [4.69, 9.17) is 5.73 Å². The minimum atomic E-state index is -2.86. The highest BCUT2D eigenvalue weighted by atomic mass is 19.3. The summed E-state index contributed by atoms with van der Waals surface area (Å²) in [6.45, 7) is 1.26. The number of hydrogen-bond acceptors (Lipinski definition) is 5. The number of alkyl halides is 2. The fourth-order valence-corrected chi connectivity index (χ4v) is 4.57. The summed E-state index contributed by atoms with van der Waals surface area (Å²) in [5.74, 6) is -4.65. The van der Waals surface area contributed by atoms with Crippen LogP contribution in [-0.2, 0) is 11.8 Å². The van der Waals surface area contributed by atoms with E-state index in [1.807, 2.05) is 0 Å². The lowest BCUT2D eigenvalue weighted by Gasteiger charge is -2.34. The van der Waals surface area contributed by atoms with Gasteiger partial charge >= 0.3 is 6.03 Å². The third-order valence-electron chi connectivity index (χ3n) is 6.39. The normalized spacial score (nSPS) is 19.1. The molecule has 3 heterocycles. The number of aryl methyl sites for hydroxylation is 1. The predicted molar refractivity (Wildman–Crippen MR) is 113 cm³/mol. The number of amides is 4. The van der Waals surface area contributed by atoms with E-state index in [0.29, 0.717) is 16.8 Å². The average molecular weight is 459 g/mol. The molecule has 2 aromatic rings. The van der Waals surface area contributed by atoms with Crippen LogP contribution in [0.1, 0.15) is 52.1 Å². The van der Waals surface area contributed by atoms with E-state index in [2.05, 4.69) is 10.3 Å². The lowest BCUT2D eigenvalue weighted by Crippen LogP contribution is -2.51.